The molecule has 0 saturated carbocycles. The highest BCUT2D eigenvalue weighted by atomic mass is 16.5. The Bertz CT molecular complexity index is 691. The summed E-state index contributed by atoms with van der Waals surface area (Å²) in [6.45, 7) is 0.214. The number of carbonyl (C=O) groups is 2. The normalized spacial score (nSPS) is 11.7. The van der Waals surface area contributed by atoms with Gasteiger partial charge in [0.2, 0.25) is 0 Å². The van der Waals surface area contributed by atoms with Crippen LogP contribution in [0.3, 0.4) is 0 Å². The Morgan fingerprint density at radius 3 is 2.76 bits per heavy atom. The highest BCUT2D eigenvalue weighted by Gasteiger charge is 2.21. The predicted molar refractivity (Wildman–Crippen MR) is 84.3 cm³/mol. The summed E-state index contributed by atoms with van der Waals surface area (Å²) >= 11 is 0. The van der Waals surface area contributed by atoms with Crippen molar-refractivity contribution in [1.29, 1.82) is 0 Å². The molecule has 10 heteroatoms. The number of aryl methyl sites for hydroxylation is 1. The maximum Gasteiger partial charge on any atom is 0.408 e. The minimum Gasteiger partial charge on any atom is -0.480 e. The summed E-state index contributed by atoms with van der Waals surface area (Å²) in [5, 5.41) is 23.1. The zero-order chi connectivity index (χ0) is 18.1. The molecule has 0 fully saturated rings. The number of carbonyl (C=O) groups excluding carboxylic acids is 1. The van der Waals surface area contributed by atoms with Crippen molar-refractivity contribution in [3.63, 3.8) is 0 Å². The fourth-order valence-corrected chi connectivity index (χ4v) is 1.98. The van der Waals surface area contributed by atoms with Crippen LogP contribution in [0.25, 0.3) is 0 Å². The Balaban J connectivity index is 1.80. The smallest absolute Gasteiger partial charge is 0.408 e. The van der Waals surface area contributed by atoms with Crippen LogP contribution in [0.2, 0.25) is 0 Å². The predicted octanol–water partition coefficient (Wildman–Crippen LogP) is 0.589. The molecular formula is C15H19N5O5. The third kappa shape index (κ3) is 6.18. The number of rotatable bonds is 9. The van der Waals surface area contributed by atoms with Gasteiger partial charge < -0.3 is 19.9 Å². The van der Waals surface area contributed by atoms with E-state index in [1.54, 1.807) is 12.1 Å². The molecule has 0 aliphatic rings. The van der Waals surface area contributed by atoms with E-state index in [9.17, 15) is 14.7 Å². The molecule has 2 aromatic rings. The zero-order valence-corrected chi connectivity index (χ0v) is 13.7. The third-order valence-electron chi connectivity index (χ3n) is 3.20. The van der Waals surface area contributed by atoms with Crippen LogP contribution in [-0.2, 0) is 34.0 Å². The lowest BCUT2D eigenvalue weighted by Crippen LogP contribution is -2.41. The molecule has 0 radical (unpaired) electrons. The van der Waals surface area contributed by atoms with Crippen LogP contribution >= 0.6 is 0 Å². The molecule has 2 N–H and O–H groups in total. The van der Waals surface area contributed by atoms with Gasteiger partial charge in [0.15, 0.2) is 12.6 Å². The van der Waals surface area contributed by atoms with Gasteiger partial charge in [-0.1, -0.05) is 30.3 Å². The zero-order valence-electron chi connectivity index (χ0n) is 13.7. The van der Waals surface area contributed by atoms with Gasteiger partial charge >= 0.3 is 12.1 Å². The molecule has 1 aromatic carbocycles. The monoisotopic (exact) mass is 349 g/mol. The number of benzene rings is 1. The molecule has 25 heavy (non-hydrogen) atoms. The Morgan fingerprint density at radius 1 is 1.32 bits per heavy atom. The largest absolute Gasteiger partial charge is 0.480 e. The molecule has 1 heterocycles. The van der Waals surface area contributed by atoms with Crippen LogP contribution in [0.4, 0.5) is 4.79 Å². The van der Waals surface area contributed by atoms with Crippen molar-refractivity contribution in [1.82, 2.24) is 25.5 Å². The topological polar surface area (TPSA) is 128 Å². The highest BCUT2D eigenvalue weighted by Crippen LogP contribution is 2.03. The van der Waals surface area contributed by atoms with Crippen molar-refractivity contribution in [2.75, 3.05) is 7.11 Å². The summed E-state index contributed by atoms with van der Waals surface area (Å²) < 4.78 is 9.87. The molecule has 0 spiro atoms. The summed E-state index contributed by atoms with van der Waals surface area (Å²) in [6.07, 6.45) is -0.457. The Labute approximate surface area is 143 Å². The molecule has 0 unspecified atom stereocenters. The molecule has 0 saturated heterocycles. The number of aromatic nitrogens is 4. The molecule has 1 amide bonds. The van der Waals surface area contributed by atoms with Gasteiger partial charge in [-0.3, -0.25) is 0 Å². The fourth-order valence-electron chi connectivity index (χ4n) is 1.98. The summed E-state index contributed by atoms with van der Waals surface area (Å²) in [7, 11) is 1.49. The van der Waals surface area contributed by atoms with Gasteiger partial charge in [-0.15, -0.1) is 15.0 Å². The number of carboxylic acids is 1. The Morgan fingerprint density at radius 2 is 2.08 bits per heavy atom. The molecule has 134 valence electrons. The van der Waals surface area contributed by atoms with Gasteiger partial charge in [0.1, 0.15) is 12.6 Å². The van der Waals surface area contributed by atoms with Crippen LogP contribution in [-0.4, -0.2) is 50.5 Å². The Hall–Kier alpha value is -3.01. The summed E-state index contributed by atoms with van der Waals surface area (Å²) in [6, 6.07) is 7.98. The minimum atomic E-state index is -1.17. The second-order valence-corrected chi connectivity index (χ2v) is 5.13. The van der Waals surface area contributed by atoms with Crippen molar-refractivity contribution in [3.8, 4) is 0 Å². The van der Waals surface area contributed by atoms with Crippen LogP contribution in [0.5, 0.6) is 0 Å². The summed E-state index contributed by atoms with van der Waals surface area (Å²) in [5.41, 5.74) is 0.809. The number of methoxy groups -OCH3 is 1. The van der Waals surface area contributed by atoms with Gasteiger partial charge in [0, 0.05) is 13.5 Å². The number of tetrazole rings is 1. The SMILES string of the molecule is COCn1nnc(CC[C@H](NC(=O)OCc2ccccc2)C(=O)O)n1. The van der Waals surface area contributed by atoms with E-state index in [0.717, 1.165) is 5.56 Å². The lowest BCUT2D eigenvalue weighted by molar-refractivity contribution is -0.139. The molecule has 1 atom stereocenters. The summed E-state index contributed by atoms with van der Waals surface area (Å²) in [4.78, 5) is 24.3. The van der Waals surface area contributed by atoms with Crippen molar-refractivity contribution in [2.24, 2.45) is 0 Å². The van der Waals surface area contributed by atoms with E-state index < -0.39 is 18.1 Å². The van der Waals surface area contributed by atoms with Gasteiger partial charge in [-0.05, 0) is 17.2 Å². The second-order valence-electron chi connectivity index (χ2n) is 5.13. The number of hydrogen-bond donors (Lipinski definition) is 2. The van der Waals surface area contributed by atoms with Crippen molar-refractivity contribution in [2.45, 2.75) is 32.2 Å². The number of nitrogens with one attached hydrogen (secondary N) is 1. The van der Waals surface area contributed by atoms with E-state index in [4.69, 9.17) is 9.47 Å². The molecule has 0 aliphatic heterocycles. The third-order valence-corrected chi connectivity index (χ3v) is 3.20. The van der Waals surface area contributed by atoms with Crippen LogP contribution in [0.15, 0.2) is 30.3 Å². The van der Waals surface area contributed by atoms with Gasteiger partial charge in [-0.2, -0.15) is 0 Å². The quantitative estimate of drug-likeness (QED) is 0.673. The number of alkyl carbamates (subject to hydrolysis) is 1. The number of ether oxygens (including phenoxy) is 2. The van der Waals surface area contributed by atoms with E-state index in [-0.39, 0.29) is 26.2 Å². The Kier molecular flexibility index (Phi) is 6.84. The van der Waals surface area contributed by atoms with E-state index in [0.29, 0.717) is 5.82 Å². The first-order chi connectivity index (χ1) is 12.1. The lowest BCUT2D eigenvalue weighted by atomic mass is 10.1. The first kappa shape index (κ1) is 18.3. The number of nitrogens with zero attached hydrogens (tertiary/aromatic N) is 4. The van der Waals surface area contributed by atoms with Crippen molar-refractivity contribution >= 4 is 12.1 Å². The van der Waals surface area contributed by atoms with E-state index in [2.05, 4.69) is 20.7 Å². The average Bonchev–Trinajstić information content (AvgIpc) is 3.05. The first-order valence-electron chi connectivity index (χ1n) is 7.54. The molecule has 1 aromatic heterocycles. The molecule has 0 aliphatic carbocycles. The van der Waals surface area contributed by atoms with E-state index in [1.807, 2.05) is 18.2 Å². The van der Waals surface area contributed by atoms with Gasteiger partial charge in [0.05, 0.1) is 0 Å². The second kappa shape index (κ2) is 9.33. The summed E-state index contributed by atoms with van der Waals surface area (Å²) in [5.74, 6) is -0.802. The van der Waals surface area contributed by atoms with Crippen LogP contribution in [0.1, 0.15) is 17.8 Å². The standard InChI is InChI=1S/C15H19N5O5/c1-24-10-20-18-13(17-19-20)8-7-12(14(21)22)16-15(23)25-9-11-5-3-2-4-6-11/h2-6,12H,7-10H2,1H3,(H,16,23)(H,21,22)/t12-/m0/s1. The maximum absolute atomic E-state index is 11.8. The number of carboxylic acid groups (broad SMARTS) is 1. The average molecular weight is 349 g/mol. The highest BCUT2D eigenvalue weighted by molar-refractivity contribution is 5.79. The van der Waals surface area contributed by atoms with Crippen LogP contribution < -0.4 is 5.32 Å². The van der Waals surface area contributed by atoms with E-state index in [1.165, 1.54) is 11.9 Å². The van der Waals surface area contributed by atoms with E-state index >= 15 is 0 Å². The molecule has 0 bridgehead atoms. The minimum absolute atomic E-state index is 0.0614. The first-order valence-corrected chi connectivity index (χ1v) is 7.54. The van der Waals surface area contributed by atoms with Gasteiger partial charge in [-0.25, -0.2) is 9.59 Å². The molecule has 10 nitrogen and oxygen atoms in total. The number of hydrogen-bond acceptors (Lipinski definition) is 7. The molecular weight excluding hydrogens is 330 g/mol. The van der Waals surface area contributed by atoms with Gasteiger partial charge in [0.25, 0.3) is 0 Å². The number of amides is 1. The molecule has 2 rings (SSSR count). The maximum atomic E-state index is 11.8. The van der Waals surface area contributed by atoms with Crippen LogP contribution in [0, 0.1) is 0 Å². The van der Waals surface area contributed by atoms with Crippen molar-refractivity contribution in [3.05, 3.63) is 41.7 Å². The fraction of sp³-hybridized carbons (Fsp3) is 0.400. The number of aliphatic carboxylic acids is 1. The van der Waals surface area contributed by atoms with Crippen molar-refractivity contribution < 1.29 is 24.2 Å². The lowest BCUT2D eigenvalue weighted by Gasteiger charge is -2.13.